The van der Waals surface area contributed by atoms with Gasteiger partial charge < -0.3 is 9.84 Å². The number of amides is 1. The second-order valence-electron chi connectivity index (χ2n) is 5.13. The van der Waals surface area contributed by atoms with Gasteiger partial charge in [0.05, 0.1) is 10.9 Å². The Balaban J connectivity index is 1.72. The Kier molecular flexibility index (Phi) is 4.66. The van der Waals surface area contributed by atoms with Crippen molar-refractivity contribution in [2.75, 3.05) is 5.32 Å². The summed E-state index contributed by atoms with van der Waals surface area (Å²) in [5.74, 6) is 0.442. The molecular formula is C16H15FN4O2S. The highest BCUT2D eigenvalue weighted by Gasteiger charge is 2.19. The van der Waals surface area contributed by atoms with Gasteiger partial charge in [-0.2, -0.15) is 0 Å². The number of imidazole rings is 1. The van der Waals surface area contributed by atoms with Crippen LogP contribution in [0.5, 0.6) is 0 Å². The normalized spacial score (nSPS) is 12.1. The van der Waals surface area contributed by atoms with E-state index in [0.29, 0.717) is 22.4 Å². The van der Waals surface area contributed by atoms with Gasteiger partial charge in [-0.3, -0.25) is 9.36 Å². The van der Waals surface area contributed by atoms with Gasteiger partial charge >= 0.3 is 0 Å². The van der Waals surface area contributed by atoms with Crippen molar-refractivity contribution in [3.8, 4) is 5.69 Å². The molecule has 0 saturated carbocycles. The molecule has 2 aromatic heterocycles. The minimum atomic E-state index is -0.420. The maximum atomic E-state index is 13.4. The molecule has 3 aromatic rings. The van der Waals surface area contributed by atoms with E-state index in [0.717, 1.165) is 0 Å². The molecule has 6 nitrogen and oxygen atoms in total. The number of nitrogens with one attached hydrogen (secondary N) is 1. The Morgan fingerprint density at radius 3 is 2.96 bits per heavy atom. The molecule has 1 aromatic carbocycles. The van der Waals surface area contributed by atoms with Crippen molar-refractivity contribution >= 4 is 23.5 Å². The number of anilines is 1. The van der Waals surface area contributed by atoms with E-state index in [-0.39, 0.29) is 11.7 Å². The average Bonchev–Trinajstić information content (AvgIpc) is 3.16. The topological polar surface area (TPSA) is 73.0 Å². The summed E-state index contributed by atoms with van der Waals surface area (Å²) < 4.78 is 20.1. The number of nitrogens with zero attached hydrogens (tertiary/aromatic N) is 3. The van der Waals surface area contributed by atoms with Crippen molar-refractivity contribution in [1.29, 1.82) is 0 Å². The lowest BCUT2D eigenvalue weighted by atomic mass is 10.3. The Bertz CT molecular complexity index is 861. The Morgan fingerprint density at radius 1 is 1.42 bits per heavy atom. The van der Waals surface area contributed by atoms with Crippen LogP contribution in [0.3, 0.4) is 0 Å². The molecule has 3 rings (SSSR count). The lowest BCUT2D eigenvalue weighted by Crippen LogP contribution is -2.23. The Hall–Kier alpha value is -2.61. The zero-order valence-corrected chi connectivity index (χ0v) is 13.9. The molecule has 0 fully saturated rings. The molecule has 1 atom stereocenters. The number of halogens is 1. The minimum Gasteiger partial charge on any atom is -0.360 e. The third kappa shape index (κ3) is 3.65. The third-order valence-electron chi connectivity index (χ3n) is 3.22. The molecular weight excluding hydrogens is 331 g/mol. The van der Waals surface area contributed by atoms with Crippen molar-refractivity contribution < 1.29 is 13.7 Å². The van der Waals surface area contributed by atoms with Gasteiger partial charge in [-0.15, -0.1) is 0 Å². The number of carbonyl (C=O) groups excluding carboxylic acids is 1. The molecule has 0 radical (unpaired) electrons. The number of aryl methyl sites for hydroxylation is 1. The Labute approximate surface area is 142 Å². The summed E-state index contributed by atoms with van der Waals surface area (Å²) in [7, 11) is 0. The van der Waals surface area contributed by atoms with Crippen LogP contribution in [0.15, 0.2) is 52.4 Å². The second kappa shape index (κ2) is 6.88. The highest BCUT2D eigenvalue weighted by atomic mass is 32.2. The van der Waals surface area contributed by atoms with Crippen LogP contribution in [0.1, 0.15) is 12.7 Å². The zero-order chi connectivity index (χ0) is 17.1. The first kappa shape index (κ1) is 16.3. The van der Waals surface area contributed by atoms with Gasteiger partial charge in [0.15, 0.2) is 11.0 Å². The smallest absolute Gasteiger partial charge is 0.238 e. The number of benzene rings is 1. The highest BCUT2D eigenvalue weighted by molar-refractivity contribution is 8.00. The van der Waals surface area contributed by atoms with E-state index in [9.17, 15) is 9.18 Å². The van der Waals surface area contributed by atoms with E-state index in [1.54, 1.807) is 49.0 Å². The molecule has 0 saturated heterocycles. The minimum absolute atomic E-state index is 0.220. The number of aromatic nitrogens is 3. The molecule has 124 valence electrons. The summed E-state index contributed by atoms with van der Waals surface area (Å²) in [6, 6.07) is 7.83. The first-order chi connectivity index (χ1) is 11.5. The summed E-state index contributed by atoms with van der Waals surface area (Å²) in [4.78, 5) is 16.5. The van der Waals surface area contributed by atoms with Gasteiger partial charge in [0.25, 0.3) is 0 Å². The highest BCUT2D eigenvalue weighted by Crippen LogP contribution is 2.25. The number of carbonyl (C=O) groups is 1. The van der Waals surface area contributed by atoms with Crippen LogP contribution in [0.25, 0.3) is 5.69 Å². The van der Waals surface area contributed by atoms with Crippen molar-refractivity contribution in [3.63, 3.8) is 0 Å². The van der Waals surface area contributed by atoms with E-state index < -0.39 is 5.25 Å². The number of hydrogen-bond donors (Lipinski definition) is 1. The fraction of sp³-hybridized carbons (Fsp3) is 0.188. The molecule has 1 N–H and O–H groups in total. The van der Waals surface area contributed by atoms with E-state index in [4.69, 9.17) is 4.52 Å². The molecule has 8 heteroatoms. The maximum absolute atomic E-state index is 13.4. The second-order valence-corrected chi connectivity index (χ2v) is 6.44. The summed E-state index contributed by atoms with van der Waals surface area (Å²) in [5, 5.41) is 6.59. The standard InChI is InChI=1S/C16H15FN4O2S/c1-10-8-14(20-23-10)19-15(22)11(2)24-16-18-6-7-21(16)13-5-3-4-12(17)9-13/h3-9,11H,1-2H3,(H,19,20,22)/t11-/m1/s1. The molecule has 0 bridgehead atoms. The molecule has 24 heavy (non-hydrogen) atoms. The van der Waals surface area contributed by atoms with Crippen LogP contribution >= 0.6 is 11.8 Å². The van der Waals surface area contributed by atoms with E-state index in [1.165, 1.54) is 23.9 Å². The molecule has 0 spiro atoms. The molecule has 0 aliphatic carbocycles. The quantitative estimate of drug-likeness (QED) is 0.717. The van der Waals surface area contributed by atoms with Crippen LogP contribution in [0, 0.1) is 12.7 Å². The average molecular weight is 346 g/mol. The van der Waals surface area contributed by atoms with Crippen LogP contribution in [-0.2, 0) is 4.79 Å². The van der Waals surface area contributed by atoms with Crippen LogP contribution in [0.4, 0.5) is 10.2 Å². The molecule has 0 aliphatic rings. The van der Waals surface area contributed by atoms with Crippen molar-refractivity contribution in [2.24, 2.45) is 0 Å². The van der Waals surface area contributed by atoms with Crippen LogP contribution in [0.2, 0.25) is 0 Å². The SMILES string of the molecule is Cc1cc(NC(=O)[C@@H](C)Sc2nccn2-c2cccc(F)c2)no1. The summed E-state index contributed by atoms with van der Waals surface area (Å²) in [6.07, 6.45) is 3.33. The number of rotatable bonds is 5. The molecule has 2 heterocycles. The van der Waals surface area contributed by atoms with Crippen LogP contribution < -0.4 is 5.32 Å². The van der Waals surface area contributed by atoms with Gasteiger partial charge in [0.1, 0.15) is 11.6 Å². The van der Waals surface area contributed by atoms with Gasteiger partial charge in [0.2, 0.25) is 5.91 Å². The van der Waals surface area contributed by atoms with Gasteiger partial charge in [-0.05, 0) is 32.0 Å². The first-order valence-electron chi connectivity index (χ1n) is 7.23. The molecule has 0 aliphatic heterocycles. The lowest BCUT2D eigenvalue weighted by Gasteiger charge is -2.12. The van der Waals surface area contributed by atoms with E-state index >= 15 is 0 Å². The van der Waals surface area contributed by atoms with Gasteiger partial charge in [-0.1, -0.05) is 23.0 Å². The fourth-order valence-corrected chi connectivity index (χ4v) is 2.95. The van der Waals surface area contributed by atoms with Crippen molar-refractivity contribution in [1.82, 2.24) is 14.7 Å². The van der Waals surface area contributed by atoms with Crippen molar-refractivity contribution in [2.45, 2.75) is 24.3 Å². The summed E-state index contributed by atoms with van der Waals surface area (Å²) >= 11 is 1.27. The third-order valence-corrected chi connectivity index (χ3v) is 4.30. The number of hydrogen-bond acceptors (Lipinski definition) is 5. The van der Waals surface area contributed by atoms with E-state index in [1.807, 2.05) is 0 Å². The predicted molar refractivity (Wildman–Crippen MR) is 88.7 cm³/mol. The summed E-state index contributed by atoms with van der Waals surface area (Å²) in [5.41, 5.74) is 0.648. The summed E-state index contributed by atoms with van der Waals surface area (Å²) in [6.45, 7) is 3.51. The Morgan fingerprint density at radius 2 is 2.25 bits per heavy atom. The van der Waals surface area contributed by atoms with Gasteiger partial charge in [-0.25, -0.2) is 9.37 Å². The van der Waals surface area contributed by atoms with E-state index in [2.05, 4.69) is 15.5 Å². The molecule has 1 amide bonds. The predicted octanol–water partition coefficient (Wildman–Crippen LogP) is 3.43. The largest absolute Gasteiger partial charge is 0.360 e. The van der Waals surface area contributed by atoms with Crippen LogP contribution in [-0.4, -0.2) is 25.9 Å². The first-order valence-corrected chi connectivity index (χ1v) is 8.11. The monoisotopic (exact) mass is 346 g/mol. The number of thioether (sulfide) groups is 1. The molecule has 0 unspecified atom stereocenters. The van der Waals surface area contributed by atoms with Gasteiger partial charge in [0, 0.05) is 18.5 Å². The van der Waals surface area contributed by atoms with Crippen molar-refractivity contribution in [3.05, 3.63) is 54.3 Å². The zero-order valence-electron chi connectivity index (χ0n) is 13.1. The maximum Gasteiger partial charge on any atom is 0.238 e. The fourth-order valence-electron chi connectivity index (χ4n) is 2.06. The lowest BCUT2D eigenvalue weighted by molar-refractivity contribution is -0.115.